The Morgan fingerprint density at radius 2 is 2.00 bits per heavy atom. The molecule has 0 fully saturated rings. The van der Waals surface area contributed by atoms with Crippen LogP contribution in [0.1, 0.15) is 11.3 Å². The van der Waals surface area contributed by atoms with E-state index in [-0.39, 0.29) is 0 Å². The lowest BCUT2D eigenvalue weighted by Gasteiger charge is -2.04. The molecule has 0 unspecified atom stereocenters. The lowest BCUT2D eigenvalue weighted by Crippen LogP contribution is -1.94. The molecule has 0 saturated heterocycles. The number of rotatable bonds is 2. The van der Waals surface area contributed by atoms with E-state index in [0.717, 1.165) is 11.0 Å². The molecule has 0 amide bonds. The van der Waals surface area contributed by atoms with Crippen LogP contribution in [0.3, 0.4) is 0 Å². The minimum Gasteiger partial charge on any atom is -0.307 e. The Kier molecular flexibility index (Phi) is 3.33. The van der Waals surface area contributed by atoms with Gasteiger partial charge >= 0.3 is 0 Å². The topological polar surface area (TPSA) is 28.7 Å². The Morgan fingerprint density at radius 3 is 2.56 bits per heavy atom. The largest absolute Gasteiger partial charge is 0.307 e. The Morgan fingerprint density at radius 1 is 1.31 bits per heavy atom. The zero-order chi connectivity index (χ0) is 11.5. The summed E-state index contributed by atoms with van der Waals surface area (Å²) < 4.78 is 1.78. The zero-order valence-corrected chi connectivity index (χ0v) is 10.7. The molecular formula is C12H8BrClN2. The van der Waals surface area contributed by atoms with E-state index in [0.29, 0.717) is 10.7 Å². The summed E-state index contributed by atoms with van der Waals surface area (Å²) in [5.41, 5.74) is 2.67. The summed E-state index contributed by atoms with van der Waals surface area (Å²) >= 11 is 9.26. The van der Waals surface area contributed by atoms with Crippen molar-refractivity contribution in [2.45, 2.75) is 5.33 Å². The molecule has 0 spiro atoms. The lowest BCUT2D eigenvalue weighted by atomic mass is 10.2. The van der Waals surface area contributed by atoms with Crippen LogP contribution >= 0.6 is 27.5 Å². The summed E-state index contributed by atoms with van der Waals surface area (Å²) in [7, 11) is 0. The van der Waals surface area contributed by atoms with E-state index in [4.69, 9.17) is 16.9 Å². The molecule has 0 atom stereocenters. The van der Waals surface area contributed by atoms with Gasteiger partial charge in [0, 0.05) is 17.2 Å². The Labute approximate surface area is 107 Å². The number of halogens is 2. The second-order valence-electron chi connectivity index (χ2n) is 3.33. The number of hydrogen-bond acceptors (Lipinski definition) is 1. The summed E-state index contributed by atoms with van der Waals surface area (Å²) in [4.78, 5) is 0. The second-order valence-corrected chi connectivity index (χ2v) is 4.32. The van der Waals surface area contributed by atoms with E-state index in [1.165, 1.54) is 5.56 Å². The highest BCUT2D eigenvalue weighted by atomic mass is 79.9. The maximum Gasteiger partial charge on any atom is 0.126 e. The third-order valence-corrected chi connectivity index (χ3v) is 3.12. The van der Waals surface area contributed by atoms with Crippen LogP contribution in [0.25, 0.3) is 5.69 Å². The molecule has 1 heterocycles. The van der Waals surface area contributed by atoms with Gasteiger partial charge in [0.15, 0.2) is 0 Å². The molecule has 0 aliphatic rings. The SMILES string of the molecule is N#Cc1cc(Cl)cn1-c1ccc(CBr)cc1. The van der Waals surface area contributed by atoms with E-state index in [2.05, 4.69) is 22.0 Å². The van der Waals surface area contributed by atoms with Crippen molar-refractivity contribution in [3.63, 3.8) is 0 Å². The van der Waals surface area contributed by atoms with E-state index in [1.807, 2.05) is 24.3 Å². The third kappa shape index (κ3) is 2.13. The molecule has 16 heavy (non-hydrogen) atoms. The van der Waals surface area contributed by atoms with Crippen LogP contribution in [0.4, 0.5) is 0 Å². The summed E-state index contributed by atoms with van der Waals surface area (Å²) in [6.07, 6.45) is 1.74. The lowest BCUT2D eigenvalue weighted by molar-refractivity contribution is 1.05. The van der Waals surface area contributed by atoms with Gasteiger partial charge in [0.1, 0.15) is 11.8 Å². The van der Waals surface area contributed by atoms with Gasteiger partial charge in [-0.25, -0.2) is 0 Å². The summed E-state index contributed by atoms with van der Waals surface area (Å²) in [6, 6.07) is 11.7. The monoisotopic (exact) mass is 294 g/mol. The van der Waals surface area contributed by atoms with Crippen molar-refractivity contribution in [3.8, 4) is 11.8 Å². The van der Waals surface area contributed by atoms with E-state index in [9.17, 15) is 0 Å². The molecule has 0 bridgehead atoms. The van der Waals surface area contributed by atoms with Crippen LogP contribution in [0.5, 0.6) is 0 Å². The molecule has 0 saturated carbocycles. The van der Waals surface area contributed by atoms with Crippen molar-refractivity contribution >= 4 is 27.5 Å². The summed E-state index contributed by atoms with van der Waals surface area (Å²) in [5, 5.41) is 10.4. The first-order valence-electron chi connectivity index (χ1n) is 4.68. The van der Waals surface area contributed by atoms with Crippen LogP contribution in [0, 0.1) is 11.3 Å². The average Bonchev–Trinajstić information content (AvgIpc) is 2.70. The normalized spacial score (nSPS) is 10.1. The van der Waals surface area contributed by atoms with Gasteiger partial charge in [-0.3, -0.25) is 0 Å². The first kappa shape index (κ1) is 11.3. The van der Waals surface area contributed by atoms with Gasteiger partial charge < -0.3 is 4.57 Å². The highest BCUT2D eigenvalue weighted by Crippen LogP contribution is 2.19. The van der Waals surface area contributed by atoms with Crippen molar-refractivity contribution < 1.29 is 0 Å². The number of hydrogen-bond donors (Lipinski definition) is 0. The van der Waals surface area contributed by atoms with Crippen molar-refractivity contribution in [3.05, 3.63) is 52.8 Å². The summed E-state index contributed by atoms with van der Waals surface area (Å²) in [5.74, 6) is 0. The Hall–Kier alpha value is -1.24. The van der Waals surface area contributed by atoms with Gasteiger partial charge in [-0.2, -0.15) is 5.26 Å². The van der Waals surface area contributed by atoms with Gasteiger partial charge in [-0.1, -0.05) is 39.7 Å². The fourth-order valence-corrected chi connectivity index (χ4v) is 2.05. The van der Waals surface area contributed by atoms with Crippen LogP contribution in [0.15, 0.2) is 36.5 Å². The highest BCUT2D eigenvalue weighted by molar-refractivity contribution is 9.08. The van der Waals surface area contributed by atoms with E-state index < -0.39 is 0 Å². The van der Waals surface area contributed by atoms with Gasteiger partial charge in [0.2, 0.25) is 0 Å². The van der Waals surface area contributed by atoms with Crippen LogP contribution < -0.4 is 0 Å². The number of nitriles is 1. The maximum atomic E-state index is 8.96. The van der Waals surface area contributed by atoms with Gasteiger partial charge in [0.05, 0.1) is 5.02 Å². The number of alkyl halides is 1. The van der Waals surface area contributed by atoms with Crippen molar-refractivity contribution in [1.29, 1.82) is 5.26 Å². The molecule has 0 aliphatic heterocycles. The van der Waals surface area contributed by atoms with Crippen LogP contribution in [-0.2, 0) is 5.33 Å². The predicted molar refractivity (Wildman–Crippen MR) is 68.1 cm³/mol. The molecular weight excluding hydrogens is 288 g/mol. The summed E-state index contributed by atoms with van der Waals surface area (Å²) in [6.45, 7) is 0. The Balaban J connectivity index is 2.46. The Bertz CT molecular complexity index is 537. The molecule has 0 radical (unpaired) electrons. The first-order valence-corrected chi connectivity index (χ1v) is 6.18. The molecule has 1 aromatic carbocycles. The number of aromatic nitrogens is 1. The van der Waals surface area contributed by atoms with Gasteiger partial charge in [0.25, 0.3) is 0 Å². The standard InChI is InChI=1S/C12H8BrClN2/c13-6-9-1-3-11(4-2-9)16-8-10(14)5-12(16)7-15/h1-5,8H,6H2. The van der Waals surface area contributed by atoms with Crippen molar-refractivity contribution in [2.75, 3.05) is 0 Å². The molecule has 1 aromatic heterocycles. The minimum atomic E-state index is 0.539. The fraction of sp³-hybridized carbons (Fsp3) is 0.0833. The number of nitrogens with zero attached hydrogens (tertiary/aromatic N) is 2. The fourth-order valence-electron chi connectivity index (χ4n) is 1.48. The average molecular weight is 296 g/mol. The molecule has 0 aliphatic carbocycles. The van der Waals surface area contributed by atoms with Crippen LogP contribution in [-0.4, -0.2) is 4.57 Å². The number of benzene rings is 1. The highest BCUT2D eigenvalue weighted by Gasteiger charge is 2.05. The predicted octanol–water partition coefficient (Wildman–Crippen LogP) is 3.90. The molecule has 2 aromatic rings. The molecule has 0 N–H and O–H groups in total. The zero-order valence-electron chi connectivity index (χ0n) is 8.32. The minimum absolute atomic E-state index is 0.539. The van der Waals surface area contributed by atoms with E-state index >= 15 is 0 Å². The molecule has 80 valence electrons. The molecule has 2 nitrogen and oxygen atoms in total. The molecule has 4 heteroatoms. The van der Waals surface area contributed by atoms with Crippen molar-refractivity contribution in [2.24, 2.45) is 0 Å². The van der Waals surface area contributed by atoms with Crippen LogP contribution in [0.2, 0.25) is 5.02 Å². The maximum absolute atomic E-state index is 8.96. The van der Waals surface area contributed by atoms with Crippen molar-refractivity contribution in [1.82, 2.24) is 4.57 Å². The van der Waals surface area contributed by atoms with Gasteiger partial charge in [-0.15, -0.1) is 0 Å². The quantitative estimate of drug-likeness (QED) is 0.773. The second kappa shape index (κ2) is 4.73. The van der Waals surface area contributed by atoms with Gasteiger partial charge in [-0.05, 0) is 23.8 Å². The van der Waals surface area contributed by atoms with E-state index in [1.54, 1.807) is 16.8 Å². The smallest absolute Gasteiger partial charge is 0.126 e. The third-order valence-electron chi connectivity index (χ3n) is 2.27. The first-order chi connectivity index (χ1) is 7.74. The molecule has 2 rings (SSSR count).